The van der Waals surface area contributed by atoms with E-state index in [4.69, 9.17) is 11.6 Å². The summed E-state index contributed by atoms with van der Waals surface area (Å²) >= 11 is 5.90. The number of aromatic nitrogens is 4. The minimum atomic E-state index is 0.574. The van der Waals surface area contributed by atoms with E-state index < -0.39 is 0 Å². The van der Waals surface area contributed by atoms with E-state index in [2.05, 4.69) is 27.4 Å². The Bertz CT molecular complexity index is 508. The van der Waals surface area contributed by atoms with E-state index in [0.29, 0.717) is 19.0 Å². The molecule has 2 rings (SSSR count). The van der Waals surface area contributed by atoms with Crippen LogP contribution in [0.15, 0.2) is 36.9 Å². The van der Waals surface area contributed by atoms with Crippen molar-refractivity contribution in [3.05, 3.63) is 47.5 Å². The van der Waals surface area contributed by atoms with Crippen LogP contribution in [0, 0.1) is 0 Å². The normalized spacial score (nSPS) is 10.2. The van der Waals surface area contributed by atoms with Crippen LogP contribution in [0.3, 0.4) is 0 Å². The van der Waals surface area contributed by atoms with E-state index in [-0.39, 0.29) is 0 Å². The molecular weight excluding hydrogens is 238 g/mol. The first-order valence-electron chi connectivity index (χ1n) is 5.15. The number of anilines is 1. The van der Waals surface area contributed by atoms with Gasteiger partial charge in [0.05, 0.1) is 6.54 Å². The first kappa shape index (κ1) is 11.6. The molecule has 0 saturated heterocycles. The Morgan fingerprint density at radius 1 is 1.47 bits per heavy atom. The highest BCUT2D eigenvalue weighted by atomic mass is 35.5. The van der Waals surface area contributed by atoms with Crippen LogP contribution in [-0.4, -0.2) is 20.2 Å². The largest absolute Gasteiger partial charge is 0.349 e. The Morgan fingerprint density at radius 2 is 2.35 bits per heavy atom. The van der Waals surface area contributed by atoms with Crippen molar-refractivity contribution in [3.63, 3.8) is 0 Å². The fourth-order valence-electron chi connectivity index (χ4n) is 1.40. The van der Waals surface area contributed by atoms with Gasteiger partial charge >= 0.3 is 0 Å². The fraction of sp³-hybridized carbons (Fsp3) is 0.182. The molecule has 5 nitrogen and oxygen atoms in total. The molecule has 0 atom stereocenters. The van der Waals surface area contributed by atoms with Crippen LogP contribution in [0.2, 0.25) is 5.02 Å². The Labute approximate surface area is 104 Å². The van der Waals surface area contributed by atoms with Crippen molar-refractivity contribution in [1.82, 2.24) is 20.2 Å². The molecule has 0 aliphatic carbocycles. The van der Waals surface area contributed by atoms with Crippen LogP contribution in [0.1, 0.15) is 5.56 Å². The van der Waals surface area contributed by atoms with Gasteiger partial charge in [0.1, 0.15) is 0 Å². The van der Waals surface area contributed by atoms with Gasteiger partial charge in [-0.1, -0.05) is 34.9 Å². The van der Waals surface area contributed by atoms with Crippen molar-refractivity contribution in [2.24, 2.45) is 0 Å². The van der Waals surface area contributed by atoms with Gasteiger partial charge in [0.15, 0.2) is 0 Å². The average Bonchev–Trinajstić information content (AvgIpc) is 2.75. The third kappa shape index (κ3) is 3.04. The molecule has 0 fully saturated rings. The molecule has 0 saturated carbocycles. The number of hydrogen-bond acceptors (Lipinski definition) is 4. The number of nitrogens with one attached hydrogen (secondary N) is 1. The van der Waals surface area contributed by atoms with Gasteiger partial charge in [-0.25, -0.2) is 4.68 Å². The summed E-state index contributed by atoms with van der Waals surface area (Å²) in [5, 5.41) is 15.2. The van der Waals surface area contributed by atoms with Gasteiger partial charge < -0.3 is 5.32 Å². The molecule has 0 amide bonds. The standard InChI is InChI=1S/C11H12ClN5/c1-2-6-17-11(14-15-16-17)13-8-9-4-3-5-10(12)7-9/h2-5,7H,1,6,8H2,(H,13,14,16). The van der Waals surface area contributed by atoms with Gasteiger partial charge in [-0.15, -0.1) is 6.58 Å². The Kier molecular flexibility index (Phi) is 3.72. The van der Waals surface area contributed by atoms with Crippen molar-refractivity contribution < 1.29 is 0 Å². The molecular formula is C11H12ClN5. The quantitative estimate of drug-likeness (QED) is 0.825. The summed E-state index contributed by atoms with van der Waals surface area (Å²) in [6, 6.07) is 7.63. The number of rotatable bonds is 5. The maximum atomic E-state index is 5.90. The second kappa shape index (κ2) is 5.45. The predicted molar refractivity (Wildman–Crippen MR) is 66.8 cm³/mol. The van der Waals surface area contributed by atoms with Gasteiger partial charge in [-0.05, 0) is 28.1 Å². The minimum absolute atomic E-state index is 0.574. The summed E-state index contributed by atoms with van der Waals surface area (Å²) in [6.45, 7) is 4.84. The van der Waals surface area contributed by atoms with Gasteiger partial charge in [0.25, 0.3) is 0 Å². The third-order valence-corrected chi connectivity index (χ3v) is 2.41. The van der Waals surface area contributed by atoms with Crippen molar-refractivity contribution >= 4 is 17.5 Å². The molecule has 0 aliphatic rings. The number of benzene rings is 1. The predicted octanol–water partition coefficient (Wildman–Crippen LogP) is 2.12. The number of nitrogens with zero attached hydrogens (tertiary/aromatic N) is 4. The first-order chi connectivity index (χ1) is 8.29. The smallest absolute Gasteiger partial charge is 0.243 e. The number of hydrogen-bond donors (Lipinski definition) is 1. The third-order valence-electron chi connectivity index (χ3n) is 2.17. The molecule has 0 spiro atoms. The molecule has 2 aromatic rings. The first-order valence-corrected chi connectivity index (χ1v) is 5.53. The molecule has 0 radical (unpaired) electrons. The highest BCUT2D eigenvalue weighted by molar-refractivity contribution is 6.30. The second-order valence-corrected chi connectivity index (χ2v) is 3.89. The highest BCUT2D eigenvalue weighted by Crippen LogP contribution is 2.11. The highest BCUT2D eigenvalue weighted by Gasteiger charge is 2.03. The van der Waals surface area contributed by atoms with Crippen molar-refractivity contribution in [2.45, 2.75) is 13.1 Å². The molecule has 1 aromatic carbocycles. The summed E-state index contributed by atoms with van der Waals surface area (Å²) in [6.07, 6.45) is 1.74. The zero-order chi connectivity index (χ0) is 12.1. The minimum Gasteiger partial charge on any atom is -0.349 e. The number of allylic oxidation sites excluding steroid dienone is 1. The zero-order valence-electron chi connectivity index (χ0n) is 9.17. The molecule has 0 aliphatic heterocycles. The molecule has 1 aromatic heterocycles. The fourth-order valence-corrected chi connectivity index (χ4v) is 1.62. The Balaban J connectivity index is 2.02. The summed E-state index contributed by atoms with van der Waals surface area (Å²) in [7, 11) is 0. The molecule has 6 heteroatoms. The average molecular weight is 250 g/mol. The number of tetrazole rings is 1. The van der Waals surface area contributed by atoms with Crippen molar-refractivity contribution in [1.29, 1.82) is 0 Å². The van der Waals surface area contributed by atoms with E-state index in [1.807, 2.05) is 24.3 Å². The molecule has 17 heavy (non-hydrogen) atoms. The van der Waals surface area contributed by atoms with Gasteiger partial charge in [-0.2, -0.15) is 0 Å². The van der Waals surface area contributed by atoms with Gasteiger partial charge in [0.2, 0.25) is 5.95 Å². The Morgan fingerprint density at radius 3 is 3.12 bits per heavy atom. The van der Waals surface area contributed by atoms with E-state index in [9.17, 15) is 0 Å². The lowest BCUT2D eigenvalue weighted by Crippen LogP contribution is -2.08. The van der Waals surface area contributed by atoms with E-state index in [1.165, 1.54) is 0 Å². The van der Waals surface area contributed by atoms with Crippen molar-refractivity contribution in [2.75, 3.05) is 5.32 Å². The van der Waals surface area contributed by atoms with E-state index >= 15 is 0 Å². The summed E-state index contributed by atoms with van der Waals surface area (Å²) in [5.41, 5.74) is 1.07. The summed E-state index contributed by atoms with van der Waals surface area (Å²) in [4.78, 5) is 0. The maximum Gasteiger partial charge on any atom is 0.243 e. The van der Waals surface area contributed by atoms with E-state index in [0.717, 1.165) is 10.6 Å². The molecule has 1 N–H and O–H groups in total. The molecule has 88 valence electrons. The van der Waals surface area contributed by atoms with Crippen LogP contribution in [0.4, 0.5) is 5.95 Å². The monoisotopic (exact) mass is 249 g/mol. The second-order valence-electron chi connectivity index (χ2n) is 3.46. The molecule has 1 heterocycles. The van der Waals surface area contributed by atoms with Crippen LogP contribution in [0.5, 0.6) is 0 Å². The van der Waals surface area contributed by atoms with E-state index in [1.54, 1.807) is 10.8 Å². The van der Waals surface area contributed by atoms with Crippen LogP contribution in [0.25, 0.3) is 0 Å². The lowest BCUT2D eigenvalue weighted by Gasteiger charge is -2.05. The van der Waals surface area contributed by atoms with Crippen LogP contribution in [-0.2, 0) is 13.1 Å². The topological polar surface area (TPSA) is 55.6 Å². The zero-order valence-corrected chi connectivity index (χ0v) is 9.93. The van der Waals surface area contributed by atoms with Gasteiger partial charge in [-0.3, -0.25) is 0 Å². The summed E-state index contributed by atoms with van der Waals surface area (Å²) < 4.78 is 1.64. The lowest BCUT2D eigenvalue weighted by atomic mass is 10.2. The summed E-state index contributed by atoms with van der Waals surface area (Å²) in [5.74, 6) is 0.616. The molecule has 0 unspecified atom stereocenters. The van der Waals surface area contributed by atoms with Crippen molar-refractivity contribution in [3.8, 4) is 0 Å². The lowest BCUT2D eigenvalue weighted by molar-refractivity contribution is 0.663. The SMILES string of the molecule is C=CCn1nnnc1NCc1cccc(Cl)c1. The van der Waals surface area contributed by atoms with Crippen LogP contribution < -0.4 is 5.32 Å². The maximum absolute atomic E-state index is 5.90. The Hall–Kier alpha value is -1.88. The van der Waals surface area contributed by atoms with Crippen LogP contribution >= 0.6 is 11.6 Å². The number of halogens is 1. The molecule has 0 bridgehead atoms. The van der Waals surface area contributed by atoms with Gasteiger partial charge in [0, 0.05) is 11.6 Å².